The van der Waals surface area contributed by atoms with Crippen molar-refractivity contribution < 1.29 is 56.2 Å². The topological polar surface area (TPSA) is 178 Å². The molecule has 12 nitrogen and oxygen atoms in total. The van der Waals surface area contributed by atoms with Gasteiger partial charge in [0, 0.05) is 13.0 Å². The summed E-state index contributed by atoms with van der Waals surface area (Å²) in [6.45, 7) is 4.01. The van der Waals surface area contributed by atoms with Gasteiger partial charge >= 0.3 is 16.4 Å². The van der Waals surface area contributed by atoms with Crippen molar-refractivity contribution in [3.8, 4) is 0 Å². The van der Waals surface area contributed by atoms with Gasteiger partial charge in [0.05, 0.1) is 19.8 Å². The SMILES string of the molecule is CCCCCCCCCCCCCCCCCCCCCCOCC(COC1OC(CO)C(O)C(OS(=O)(=O)O)C1O)OC(=O)CCCCCCCCCCCC. The summed E-state index contributed by atoms with van der Waals surface area (Å²) in [6, 6.07) is 0. The summed E-state index contributed by atoms with van der Waals surface area (Å²) in [5.41, 5.74) is 0. The van der Waals surface area contributed by atoms with Crippen molar-refractivity contribution in [3.05, 3.63) is 0 Å². The molecule has 4 N–H and O–H groups in total. The minimum atomic E-state index is -5.05. The highest BCUT2D eigenvalue weighted by molar-refractivity contribution is 7.80. The molecule has 13 heteroatoms. The molecule has 0 aromatic heterocycles. The lowest BCUT2D eigenvalue weighted by molar-refractivity contribution is -0.301. The molecule has 0 saturated carbocycles. The van der Waals surface area contributed by atoms with E-state index >= 15 is 0 Å². The molecule has 340 valence electrons. The van der Waals surface area contributed by atoms with Gasteiger partial charge < -0.3 is 34.3 Å². The molecule has 6 unspecified atom stereocenters. The molecule has 6 atom stereocenters. The van der Waals surface area contributed by atoms with Crippen molar-refractivity contribution in [1.29, 1.82) is 0 Å². The third-order valence-corrected chi connectivity index (χ3v) is 11.4. The van der Waals surface area contributed by atoms with Gasteiger partial charge in [0.1, 0.15) is 30.5 Å². The second-order valence-corrected chi connectivity index (χ2v) is 17.4. The minimum absolute atomic E-state index is 0.0444. The fourth-order valence-electron chi connectivity index (χ4n) is 7.44. The molecule has 0 aromatic rings. The van der Waals surface area contributed by atoms with Gasteiger partial charge in [-0.05, 0) is 12.8 Å². The number of carbonyl (C=O) groups is 1. The number of unbranched alkanes of at least 4 members (excludes halogenated alkanes) is 28. The highest BCUT2D eigenvalue weighted by Gasteiger charge is 2.48. The second kappa shape index (κ2) is 36.9. The molecule has 0 aromatic carbocycles. The third kappa shape index (κ3) is 30.7. The van der Waals surface area contributed by atoms with Crippen LogP contribution in [0.4, 0.5) is 0 Å². The maximum atomic E-state index is 12.8. The average Bonchev–Trinajstić information content (AvgIpc) is 3.18. The molecule has 1 heterocycles. The standard InChI is InChI=1S/C44H86O12S/c1-3-5-7-9-11-13-15-16-17-18-19-20-21-22-23-24-26-28-30-32-34-52-36-38(54-40(46)33-31-29-27-25-14-12-10-8-6-4-2)37-53-44-42(48)43(56-57(49,50)51)41(47)39(35-45)55-44/h38-39,41-45,47-48H,3-37H2,1-2H3,(H,49,50,51). The number of aliphatic hydroxyl groups excluding tert-OH is 3. The molecule has 0 spiro atoms. The molecule has 0 bridgehead atoms. The Morgan fingerprint density at radius 3 is 1.40 bits per heavy atom. The number of carbonyl (C=O) groups excluding carboxylic acids is 1. The smallest absolute Gasteiger partial charge is 0.397 e. The molecule has 1 saturated heterocycles. The van der Waals surface area contributed by atoms with E-state index in [1.54, 1.807) is 0 Å². The number of aliphatic hydroxyl groups is 3. The van der Waals surface area contributed by atoms with Gasteiger partial charge in [0.25, 0.3) is 0 Å². The normalized spacial score (nSPS) is 20.6. The van der Waals surface area contributed by atoms with E-state index < -0.39 is 59.8 Å². The average molecular weight is 839 g/mol. The van der Waals surface area contributed by atoms with Crippen molar-refractivity contribution in [2.24, 2.45) is 0 Å². The number of rotatable bonds is 41. The van der Waals surface area contributed by atoms with Crippen LogP contribution in [0.2, 0.25) is 0 Å². The van der Waals surface area contributed by atoms with E-state index in [-0.39, 0.29) is 19.6 Å². The van der Waals surface area contributed by atoms with E-state index in [1.807, 2.05) is 0 Å². The van der Waals surface area contributed by atoms with Gasteiger partial charge in [-0.1, -0.05) is 194 Å². The molecular weight excluding hydrogens is 753 g/mol. The summed E-state index contributed by atoms with van der Waals surface area (Å²) in [5, 5.41) is 30.6. The maximum Gasteiger partial charge on any atom is 0.397 e. The van der Waals surface area contributed by atoms with Crippen LogP contribution in [0.25, 0.3) is 0 Å². The number of hydrogen-bond donors (Lipinski definition) is 4. The van der Waals surface area contributed by atoms with Crippen LogP contribution in [0.5, 0.6) is 0 Å². The molecule has 1 aliphatic heterocycles. The van der Waals surface area contributed by atoms with Gasteiger partial charge in [-0.25, -0.2) is 4.18 Å². The summed E-state index contributed by atoms with van der Waals surface area (Å²) >= 11 is 0. The lowest BCUT2D eigenvalue weighted by atomic mass is 9.99. The zero-order valence-corrected chi connectivity index (χ0v) is 37.0. The van der Waals surface area contributed by atoms with Crippen LogP contribution in [0.1, 0.15) is 213 Å². The Labute approximate surface area is 347 Å². The first kappa shape index (κ1) is 54.1. The van der Waals surface area contributed by atoms with Crippen molar-refractivity contribution in [2.75, 3.05) is 26.4 Å². The van der Waals surface area contributed by atoms with Crippen molar-refractivity contribution in [1.82, 2.24) is 0 Å². The summed E-state index contributed by atoms with van der Waals surface area (Å²) < 4.78 is 59.0. The van der Waals surface area contributed by atoms with Crippen LogP contribution >= 0.6 is 0 Å². The predicted octanol–water partition coefficient (Wildman–Crippen LogP) is 9.69. The Morgan fingerprint density at radius 2 is 1.00 bits per heavy atom. The first-order valence-electron chi connectivity index (χ1n) is 23.3. The zero-order chi connectivity index (χ0) is 41.8. The van der Waals surface area contributed by atoms with E-state index in [9.17, 15) is 28.5 Å². The number of esters is 1. The number of hydrogen-bond acceptors (Lipinski definition) is 11. The van der Waals surface area contributed by atoms with Gasteiger partial charge in [-0.15, -0.1) is 0 Å². The lowest BCUT2D eigenvalue weighted by Gasteiger charge is -2.41. The van der Waals surface area contributed by atoms with Crippen LogP contribution in [0.15, 0.2) is 0 Å². The van der Waals surface area contributed by atoms with Crippen molar-refractivity contribution in [2.45, 2.75) is 250 Å². The quantitative estimate of drug-likeness (QED) is 0.0261. The fraction of sp³-hybridized carbons (Fsp3) is 0.977. The molecule has 0 radical (unpaired) electrons. The maximum absolute atomic E-state index is 12.8. The lowest BCUT2D eigenvalue weighted by Crippen LogP contribution is -2.60. The summed E-state index contributed by atoms with van der Waals surface area (Å²) in [6.07, 6.45) is 28.6. The monoisotopic (exact) mass is 839 g/mol. The predicted molar refractivity (Wildman–Crippen MR) is 225 cm³/mol. The first-order chi connectivity index (χ1) is 27.6. The van der Waals surface area contributed by atoms with E-state index in [0.717, 1.165) is 38.5 Å². The van der Waals surface area contributed by atoms with Crippen LogP contribution in [-0.2, 0) is 38.3 Å². The van der Waals surface area contributed by atoms with E-state index in [1.165, 1.54) is 148 Å². The summed E-state index contributed by atoms with van der Waals surface area (Å²) in [4.78, 5) is 12.8. The zero-order valence-electron chi connectivity index (χ0n) is 36.2. The molecule has 0 aliphatic carbocycles. The van der Waals surface area contributed by atoms with Crippen molar-refractivity contribution >= 4 is 16.4 Å². The molecule has 1 fully saturated rings. The van der Waals surface area contributed by atoms with Gasteiger partial charge in [0.15, 0.2) is 6.29 Å². The van der Waals surface area contributed by atoms with E-state index in [4.69, 9.17) is 23.5 Å². The molecule has 57 heavy (non-hydrogen) atoms. The van der Waals surface area contributed by atoms with Gasteiger partial charge in [-0.2, -0.15) is 8.42 Å². The van der Waals surface area contributed by atoms with Crippen molar-refractivity contribution in [3.63, 3.8) is 0 Å². The highest BCUT2D eigenvalue weighted by Crippen LogP contribution is 2.26. The summed E-state index contributed by atoms with van der Waals surface area (Å²) in [5.74, 6) is -0.396. The Balaban J connectivity index is 2.34. The van der Waals surface area contributed by atoms with Crippen LogP contribution < -0.4 is 0 Å². The Morgan fingerprint density at radius 1 is 0.596 bits per heavy atom. The largest absolute Gasteiger partial charge is 0.457 e. The van der Waals surface area contributed by atoms with Gasteiger partial charge in [0.2, 0.25) is 0 Å². The molecule has 1 rings (SSSR count). The Bertz CT molecular complexity index is 1020. The summed E-state index contributed by atoms with van der Waals surface area (Å²) in [7, 11) is -5.05. The van der Waals surface area contributed by atoms with E-state index in [2.05, 4.69) is 18.0 Å². The van der Waals surface area contributed by atoms with E-state index in [0.29, 0.717) is 13.0 Å². The Kier molecular flexibility index (Phi) is 35.0. The third-order valence-electron chi connectivity index (χ3n) is 11.0. The van der Waals surface area contributed by atoms with Crippen LogP contribution in [0.3, 0.4) is 0 Å². The molecule has 1 aliphatic rings. The first-order valence-corrected chi connectivity index (χ1v) is 24.7. The van der Waals surface area contributed by atoms with Crippen LogP contribution in [-0.4, -0.2) is 97.5 Å². The highest BCUT2D eigenvalue weighted by atomic mass is 32.3. The van der Waals surface area contributed by atoms with Gasteiger partial charge in [-0.3, -0.25) is 9.35 Å². The minimum Gasteiger partial charge on any atom is -0.457 e. The molecular formula is C44H86O12S. The second-order valence-electron chi connectivity index (χ2n) is 16.4. The fourth-order valence-corrected chi connectivity index (χ4v) is 7.95. The Hall–Kier alpha value is -0.900. The molecule has 0 amide bonds. The van der Waals surface area contributed by atoms with Crippen LogP contribution in [0, 0.1) is 0 Å². The number of ether oxygens (including phenoxy) is 4.